The van der Waals surface area contributed by atoms with Crippen LogP contribution in [0.25, 0.3) is 11.0 Å². The molecule has 1 aromatic heterocycles. The van der Waals surface area contributed by atoms with Gasteiger partial charge >= 0.3 is 5.69 Å². The molecule has 2 heterocycles. The first-order chi connectivity index (χ1) is 9.49. The van der Waals surface area contributed by atoms with Crippen molar-refractivity contribution < 1.29 is 9.59 Å². The standard InChI is InChI=1S/C13H10BrN3O3/c1-16-10-6-7(14)2-3-8(10)17(13(16)20)9-4-5-11(18)15-12(9)19/h2-6,9H,1H3,(H,15,18,19). The Hall–Kier alpha value is -2.15. The van der Waals surface area contributed by atoms with Crippen LogP contribution in [-0.2, 0) is 16.6 Å². The summed E-state index contributed by atoms with van der Waals surface area (Å²) in [5, 5.41) is 2.20. The highest BCUT2D eigenvalue weighted by molar-refractivity contribution is 9.10. The highest BCUT2D eigenvalue weighted by atomic mass is 79.9. The summed E-state index contributed by atoms with van der Waals surface area (Å²) in [6.07, 6.45) is 2.69. The molecular formula is C13H10BrN3O3. The molecule has 0 aliphatic carbocycles. The second-order valence-electron chi connectivity index (χ2n) is 4.50. The molecule has 20 heavy (non-hydrogen) atoms. The van der Waals surface area contributed by atoms with Crippen LogP contribution in [0.4, 0.5) is 0 Å². The summed E-state index contributed by atoms with van der Waals surface area (Å²) in [5.74, 6) is -0.975. The molecule has 0 saturated carbocycles. The fourth-order valence-electron chi connectivity index (χ4n) is 2.31. The molecule has 1 N–H and O–H groups in total. The average molecular weight is 336 g/mol. The number of imidazole rings is 1. The van der Waals surface area contributed by atoms with Crippen LogP contribution in [-0.4, -0.2) is 20.9 Å². The molecule has 1 aliphatic rings. The number of nitrogens with one attached hydrogen (secondary N) is 1. The Morgan fingerprint density at radius 3 is 2.65 bits per heavy atom. The lowest BCUT2D eigenvalue weighted by Gasteiger charge is -2.17. The summed E-state index contributed by atoms with van der Waals surface area (Å²) < 4.78 is 3.69. The number of rotatable bonds is 1. The SMILES string of the molecule is Cn1c(=O)n(C2C=CC(=O)NC2=O)c2ccc(Br)cc21. The number of fused-ring (bicyclic) bond motifs is 1. The maximum atomic E-state index is 12.3. The quantitative estimate of drug-likeness (QED) is 0.785. The predicted molar refractivity (Wildman–Crippen MR) is 76.2 cm³/mol. The maximum Gasteiger partial charge on any atom is 0.329 e. The summed E-state index contributed by atoms with van der Waals surface area (Å²) >= 11 is 3.35. The second-order valence-corrected chi connectivity index (χ2v) is 5.42. The highest BCUT2D eigenvalue weighted by Crippen LogP contribution is 2.22. The van der Waals surface area contributed by atoms with Gasteiger partial charge in [-0.05, 0) is 24.3 Å². The molecule has 1 aromatic carbocycles. The molecule has 102 valence electrons. The third-order valence-electron chi connectivity index (χ3n) is 3.27. The van der Waals surface area contributed by atoms with Crippen molar-refractivity contribution in [1.29, 1.82) is 0 Å². The second kappa shape index (κ2) is 4.45. The Morgan fingerprint density at radius 1 is 1.20 bits per heavy atom. The number of imide groups is 1. The van der Waals surface area contributed by atoms with E-state index in [1.807, 2.05) is 6.07 Å². The number of benzene rings is 1. The minimum Gasteiger partial charge on any atom is -0.295 e. The first-order valence-corrected chi connectivity index (χ1v) is 6.68. The molecule has 0 saturated heterocycles. The zero-order valence-electron chi connectivity index (χ0n) is 10.5. The van der Waals surface area contributed by atoms with E-state index in [4.69, 9.17) is 0 Å². The van der Waals surface area contributed by atoms with Crippen LogP contribution in [0.3, 0.4) is 0 Å². The summed E-state index contributed by atoms with van der Waals surface area (Å²) in [6, 6.07) is 4.56. The van der Waals surface area contributed by atoms with Crippen LogP contribution in [0.1, 0.15) is 6.04 Å². The molecule has 1 unspecified atom stereocenters. The fourth-order valence-corrected chi connectivity index (χ4v) is 2.66. The van der Waals surface area contributed by atoms with Gasteiger partial charge in [0.25, 0.3) is 5.91 Å². The monoisotopic (exact) mass is 335 g/mol. The third kappa shape index (κ3) is 1.82. The number of nitrogens with zero attached hydrogens (tertiary/aromatic N) is 2. The molecule has 1 aliphatic heterocycles. The Kier molecular flexibility index (Phi) is 2.86. The van der Waals surface area contributed by atoms with E-state index in [-0.39, 0.29) is 5.69 Å². The van der Waals surface area contributed by atoms with Gasteiger partial charge in [0.2, 0.25) is 5.91 Å². The highest BCUT2D eigenvalue weighted by Gasteiger charge is 2.27. The summed E-state index contributed by atoms with van der Waals surface area (Å²) in [5.41, 5.74) is 1.04. The van der Waals surface area contributed by atoms with Gasteiger partial charge in [-0.25, -0.2) is 4.79 Å². The molecule has 2 aromatic rings. The molecular weight excluding hydrogens is 326 g/mol. The molecule has 6 nitrogen and oxygen atoms in total. The van der Waals surface area contributed by atoms with E-state index in [2.05, 4.69) is 21.2 Å². The van der Waals surface area contributed by atoms with E-state index in [1.54, 1.807) is 19.2 Å². The molecule has 0 fully saturated rings. The lowest BCUT2D eigenvalue weighted by Crippen LogP contribution is -2.41. The number of aryl methyl sites for hydroxylation is 1. The van der Waals surface area contributed by atoms with Gasteiger partial charge in [-0.1, -0.05) is 15.9 Å². The third-order valence-corrected chi connectivity index (χ3v) is 3.77. The molecule has 3 rings (SSSR count). The van der Waals surface area contributed by atoms with E-state index >= 15 is 0 Å². The van der Waals surface area contributed by atoms with E-state index in [0.717, 1.165) is 4.47 Å². The Bertz CT molecular complexity index is 831. The molecule has 1 atom stereocenters. The van der Waals surface area contributed by atoms with Crippen molar-refractivity contribution in [2.24, 2.45) is 7.05 Å². The minimum absolute atomic E-state index is 0.308. The van der Waals surface area contributed by atoms with E-state index < -0.39 is 17.9 Å². The van der Waals surface area contributed by atoms with Crippen LogP contribution < -0.4 is 11.0 Å². The van der Waals surface area contributed by atoms with Gasteiger partial charge in [0.1, 0.15) is 6.04 Å². The molecule has 0 bridgehead atoms. The smallest absolute Gasteiger partial charge is 0.295 e. The van der Waals surface area contributed by atoms with E-state index in [1.165, 1.54) is 21.3 Å². The van der Waals surface area contributed by atoms with Gasteiger partial charge in [-0.2, -0.15) is 0 Å². The number of amides is 2. The van der Waals surface area contributed by atoms with Gasteiger partial charge < -0.3 is 0 Å². The normalized spacial score (nSPS) is 18.6. The van der Waals surface area contributed by atoms with Gasteiger partial charge in [-0.3, -0.25) is 24.0 Å². The van der Waals surface area contributed by atoms with E-state index in [0.29, 0.717) is 11.0 Å². The lowest BCUT2D eigenvalue weighted by molar-refractivity contribution is -0.130. The first kappa shape index (κ1) is 12.9. The Morgan fingerprint density at radius 2 is 1.95 bits per heavy atom. The molecule has 0 radical (unpaired) electrons. The van der Waals surface area contributed by atoms with Crippen LogP contribution in [0, 0.1) is 0 Å². The molecule has 2 amide bonds. The van der Waals surface area contributed by atoms with Crippen molar-refractivity contribution in [3.05, 3.63) is 45.3 Å². The van der Waals surface area contributed by atoms with Crippen molar-refractivity contribution in [3.8, 4) is 0 Å². The topological polar surface area (TPSA) is 73.1 Å². The van der Waals surface area contributed by atoms with Crippen molar-refractivity contribution in [3.63, 3.8) is 0 Å². The molecule has 0 spiro atoms. The fraction of sp³-hybridized carbons (Fsp3) is 0.154. The van der Waals surface area contributed by atoms with Gasteiger partial charge in [0.05, 0.1) is 11.0 Å². The minimum atomic E-state index is -0.815. The summed E-state index contributed by atoms with van der Waals surface area (Å²) in [4.78, 5) is 35.4. The summed E-state index contributed by atoms with van der Waals surface area (Å²) in [6.45, 7) is 0. The van der Waals surface area contributed by atoms with Gasteiger partial charge in [-0.15, -0.1) is 0 Å². The van der Waals surface area contributed by atoms with E-state index in [9.17, 15) is 14.4 Å². The van der Waals surface area contributed by atoms with Crippen molar-refractivity contribution in [2.45, 2.75) is 6.04 Å². The number of hydrogen-bond acceptors (Lipinski definition) is 3. The van der Waals surface area contributed by atoms with Crippen LogP contribution in [0.5, 0.6) is 0 Å². The maximum absolute atomic E-state index is 12.3. The van der Waals surface area contributed by atoms with Gasteiger partial charge in [0.15, 0.2) is 0 Å². The van der Waals surface area contributed by atoms with Crippen molar-refractivity contribution >= 4 is 38.8 Å². The van der Waals surface area contributed by atoms with Crippen LogP contribution in [0.15, 0.2) is 39.6 Å². The van der Waals surface area contributed by atoms with Gasteiger partial charge in [0, 0.05) is 17.6 Å². The Balaban J connectivity index is 2.29. The first-order valence-electron chi connectivity index (χ1n) is 5.88. The van der Waals surface area contributed by atoms with Crippen LogP contribution in [0.2, 0.25) is 0 Å². The Labute approximate surface area is 121 Å². The number of hydrogen-bond donors (Lipinski definition) is 1. The number of halogens is 1. The largest absolute Gasteiger partial charge is 0.329 e. The number of carbonyl (C=O) groups is 2. The lowest BCUT2D eigenvalue weighted by atomic mass is 10.2. The van der Waals surface area contributed by atoms with Crippen molar-refractivity contribution in [1.82, 2.24) is 14.5 Å². The zero-order valence-corrected chi connectivity index (χ0v) is 12.0. The number of aromatic nitrogens is 2. The zero-order chi connectivity index (χ0) is 14.4. The average Bonchev–Trinajstić information content (AvgIpc) is 2.63. The van der Waals surface area contributed by atoms with Crippen molar-refractivity contribution in [2.75, 3.05) is 0 Å². The van der Waals surface area contributed by atoms with Crippen LogP contribution >= 0.6 is 15.9 Å². The predicted octanol–water partition coefficient (Wildman–Crippen LogP) is 0.856. The molecule has 7 heteroatoms. The number of carbonyl (C=O) groups excluding carboxylic acids is 2. The summed E-state index contributed by atoms with van der Waals surface area (Å²) in [7, 11) is 1.64.